The molecule has 98 valence electrons. The highest BCUT2D eigenvalue weighted by molar-refractivity contribution is 7.90. The first-order valence-corrected chi connectivity index (χ1v) is 7.21. The maximum absolute atomic E-state index is 11.6. The molecule has 7 heteroatoms. The largest absolute Gasteiger partial charge is 0.366 e. The van der Waals surface area contributed by atoms with Crippen molar-refractivity contribution < 1.29 is 18.0 Å². The van der Waals surface area contributed by atoms with Crippen molar-refractivity contribution in [1.29, 1.82) is 0 Å². The molecular formula is C11H14N2O4S. The van der Waals surface area contributed by atoms with Crippen molar-refractivity contribution in [3.63, 3.8) is 0 Å². The molecule has 0 radical (unpaired) electrons. The molecule has 0 fully saturated rings. The predicted octanol–water partition coefficient (Wildman–Crippen LogP) is -0.440. The third-order valence-electron chi connectivity index (χ3n) is 2.17. The van der Waals surface area contributed by atoms with Crippen LogP contribution >= 0.6 is 0 Å². The Morgan fingerprint density at radius 1 is 1.28 bits per heavy atom. The molecule has 1 aromatic carbocycles. The van der Waals surface area contributed by atoms with Crippen LogP contribution in [0.15, 0.2) is 24.3 Å². The number of benzene rings is 1. The lowest BCUT2D eigenvalue weighted by atomic mass is 10.1. The lowest BCUT2D eigenvalue weighted by Gasteiger charge is -2.05. The molecule has 18 heavy (non-hydrogen) atoms. The van der Waals surface area contributed by atoms with Crippen molar-refractivity contribution in [2.24, 2.45) is 5.73 Å². The smallest absolute Gasteiger partial charge is 0.251 e. The van der Waals surface area contributed by atoms with E-state index in [1.807, 2.05) is 0 Å². The highest BCUT2D eigenvalue weighted by Crippen LogP contribution is 2.04. The van der Waals surface area contributed by atoms with Crippen LogP contribution < -0.4 is 11.1 Å². The van der Waals surface area contributed by atoms with Gasteiger partial charge >= 0.3 is 0 Å². The van der Waals surface area contributed by atoms with E-state index in [2.05, 4.69) is 5.32 Å². The number of hydrogen-bond donors (Lipinski definition) is 2. The minimum Gasteiger partial charge on any atom is -0.366 e. The monoisotopic (exact) mass is 270 g/mol. The minimum atomic E-state index is -3.11. The first kappa shape index (κ1) is 14.2. The molecule has 0 aromatic heterocycles. The minimum absolute atomic E-state index is 0.0263. The number of nitrogens with two attached hydrogens (primary N) is 1. The van der Waals surface area contributed by atoms with Gasteiger partial charge in [0, 0.05) is 23.9 Å². The molecule has 6 nitrogen and oxygen atoms in total. The molecule has 1 rings (SSSR count). The Hall–Kier alpha value is -1.89. The van der Waals surface area contributed by atoms with Crippen molar-refractivity contribution in [2.45, 2.75) is 0 Å². The van der Waals surface area contributed by atoms with Gasteiger partial charge in [0.2, 0.25) is 5.91 Å². The average Bonchev–Trinajstić information content (AvgIpc) is 2.27. The number of carbonyl (C=O) groups is 2. The summed E-state index contributed by atoms with van der Waals surface area (Å²) in [6.45, 7) is 0.0263. The number of hydrogen-bond acceptors (Lipinski definition) is 4. The highest BCUT2D eigenvalue weighted by Gasteiger charge is 2.09. The first-order valence-electron chi connectivity index (χ1n) is 5.15. The van der Waals surface area contributed by atoms with E-state index >= 15 is 0 Å². The fraction of sp³-hybridized carbons (Fsp3) is 0.273. The fourth-order valence-corrected chi connectivity index (χ4v) is 1.74. The maximum atomic E-state index is 11.6. The Kier molecular flexibility index (Phi) is 4.43. The van der Waals surface area contributed by atoms with Crippen LogP contribution in [0.4, 0.5) is 0 Å². The molecule has 0 atom stereocenters. The number of nitrogens with one attached hydrogen (secondary N) is 1. The Balaban J connectivity index is 2.67. The third-order valence-corrected chi connectivity index (χ3v) is 3.11. The highest BCUT2D eigenvalue weighted by atomic mass is 32.2. The molecule has 3 N–H and O–H groups in total. The maximum Gasteiger partial charge on any atom is 0.251 e. The van der Waals surface area contributed by atoms with Crippen LogP contribution in [-0.2, 0) is 9.84 Å². The molecule has 0 aliphatic heterocycles. The summed E-state index contributed by atoms with van der Waals surface area (Å²) >= 11 is 0. The van der Waals surface area contributed by atoms with Gasteiger partial charge in [0.15, 0.2) is 0 Å². The van der Waals surface area contributed by atoms with Gasteiger partial charge in [-0.25, -0.2) is 8.42 Å². The zero-order valence-corrected chi connectivity index (χ0v) is 10.7. The van der Waals surface area contributed by atoms with Gasteiger partial charge in [0.1, 0.15) is 9.84 Å². The number of primary amides is 1. The summed E-state index contributed by atoms with van der Waals surface area (Å²) in [5.41, 5.74) is 5.58. The number of carbonyl (C=O) groups excluding carboxylic acids is 2. The molecule has 0 saturated heterocycles. The van der Waals surface area contributed by atoms with Gasteiger partial charge in [0.25, 0.3) is 5.91 Å². The number of rotatable bonds is 5. The van der Waals surface area contributed by atoms with Crippen LogP contribution in [0.25, 0.3) is 0 Å². The van der Waals surface area contributed by atoms with Gasteiger partial charge in [-0.1, -0.05) is 6.07 Å². The van der Waals surface area contributed by atoms with Crippen molar-refractivity contribution in [2.75, 3.05) is 18.6 Å². The molecule has 0 unspecified atom stereocenters. The van der Waals surface area contributed by atoms with E-state index in [9.17, 15) is 18.0 Å². The molecule has 0 aliphatic rings. The normalized spacial score (nSPS) is 10.9. The molecule has 0 bridgehead atoms. The van der Waals surface area contributed by atoms with Gasteiger partial charge in [-0.15, -0.1) is 0 Å². The van der Waals surface area contributed by atoms with Gasteiger partial charge < -0.3 is 11.1 Å². The summed E-state index contributed by atoms with van der Waals surface area (Å²) in [5, 5.41) is 2.45. The number of amides is 2. The summed E-state index contributed by atoms with van der Waals surface area (Å²) in [6.07, 6.45) is 1.09. The van der Waals surface area contributed by atoms with E-state index in [1.165, 1.54) is 24.3 Å². The van der Waals surface area contributed by atoms with Crippen molar-refractivity contribution >= 4 is 21.7 Å². The van der Waals surface area contributed by atoms with Crippen LogP contribution in [0.2, 0.25) is 0 Å². The van der Waals surface area contributed by atoms with E-state index < -0.39 is 21.7 Å². The molecule has 0 heterocycles. The number of sulfone groups is 1. The Morgan fingerprint density at radius 2 is 1.89 bits per heavy atom. The van der Waals surface area contributed by atoms with E-state index in [0.29, 0.717) is 0 Å². The van der Waals surface area contributed by atoms with Crippen LogP contribution in [0, 0.1) is 0 Å². The Labute approximate surface area is 105 Å². The molecule has 2 amide bonds. The van der Waals surface area contributed by atoms with Crippen LogP contribution in [0.5, 0.6) is 0 Å². The fourth-order valence-electron chi connectivity index (χ4n) is 1.27. The van der Waals surface area contributed by atoms with Gasteiger partial charge in [0.05, 0.1) is 5.75 Å². The zero-order chi connectivity index (χ0) is 13.8. The van der Waals surface area contributed by atoms with Crippen molar-refractivity contribution in [3.05, 3.63) is 35.4 Å². The van der Waals surface area contributed by atoms with Gasteiger partial charge in [-0.2, -0.15) is 0 Å². The van der Waals surface area contributed by atoms with Gasteiger partial charge in [-0.05, 0) is 18.2 Å². The van der Waals surface area contributed by atoms with E-state index in [4.69, 9.17) is 5.73 Å². The zero-order valence-electron chi connectivity index (χ0n) is 9.84. The second-order valence-corrected chi connectivity index (χ2v) is 6.09. The predicted molar refractivity (Wildman–Crippen MR) is 67.0 cm³/mol. The summed E-state index contributed by atoms with van der Waals surface area (Å²) in [7, 11) is -3.11. The quantitative estimate of drug-likeness (QED) is 0.756. The Bertz CT molecular complexity index is 566. The topological polar surface area (TPSA) is 106 Å². The summed E-state index contributed by atoms with van der Waals surface area (Å²) in [6, 6.07) is 5.90. The van der Waals surface area contributed by atoms with Crippen LogP contribution in [0.1, 0.15) is 20.7 Å². The third kappa shape index (κ3) is 4.54. The standard InChI is InChI=1S/C11H14N2O4S/c1-18(16,17)6-5-13-11(15)9-4-2-3-8(7-9)10(12)14/h2-4,7H,5-6H2,1H3,(H2,12,14)(H,13,15). The second-order valence-electron chi connectivity index (χ2n) is 3.83. The summed E-state index contributed by atoms with van der Waals surface area (Å²) in [5.74, 6) is -1.20. The van der Waals surface area contributed by atoms with Gasteiger partial charge in [-0.3, -0.25) is 9.59 Å². The van der Waals surface area contributed by atoms with Crippen molar-refractivity contribution in [3.8, 4) is 0 Å². The average molecular weight is 270 g/mol. The molecule has 0 aliphatic carbocycles. The van der Waals surface area contributed by atoms with E-state index in [0.717, 1.165) is 6.26 Å². The lowest BCUT2D eigenvalue weighted by molar-refractivity contribution is 0.0956. The van der Waals surface area contributed by atoms with Crippen molar-refractivity contribution in [1.82, 2.24) is 5.32 Å². The summed E-state index contributed by atoms with van der Waals surface area (Å²) < 4.78 is 21.8. The van der Waals surface area contributed by atoms with Crippen LogP contribution in [0.3, 0.4) is 0 Å². The first-order chi connectivity index (χ1) is 8.29. The van der Waals surface area contributed by atoms with E-state index in [1.54, 1.807) is 0 Å². The molecule has 1 aromatic rings. The summed E-state index contributed by atoms with van der Waals surface area (Å²) in [4.78, 5) is 22.6. The lowest BCUT2D eigenvalue weighted by Crippen LogP contribution is -2.29. The Morgan fingerprint density at radius 3 is 2.44 bits per heavy atom. The molecule has 0 saturated carbocycles. The van der Waals surface area contributed by atoms with E-state index in [-0.39, 0.29) is 23.4 Å². The SMILES string of the molecule is CS(=O)(=O)CCNC(=O)c1cccc(C(N)=O)c1. The molecule has 0 spiro atoms. The second kappa shape index (κ2) is 5.63. The molecular weight excluding hydrogens is 256 g/mol. The van der Waals surface area contributed by atoms with Crippen LogP contribution in [-0.4, -0.2) is 38.8 Å².